The lowest BCUT2D eigenvalue weighted by atomic mass is 10.0. The van der Waals surface area contributed by atoms with E-state index < -0.39 is 0 Å². The van der Waals surface area contributed by atoms with Gasteiger partial charge in [0.1, 0.15) is 0 Å². The first kappa shape index (κ1) is 31.4. The fourth-order valence-corrected chi connectivity index (χ4v) is 5.52. The number of guanidine groups is 2. The van der Waals surface area contributed by atoms with Crippen LogP contribution >= 0.6 is 0 Å². The molecule has 1 aliphatic carbocycles. The minimum atomic E-state index is 0.295. The monoisotopic (exact) mass is 574 g/mol. The van der Waals surface area contributed by atoms with E-state index in [0.29, 0.717) is 23.8 Å². The van der Waals surface area contributed by atoms with Crippen LogP contribution in [0.15, 0.2) is 91.0 Å². The largest absolute Gasteiger partial charge is 0.326 e. The average molecular weight is 575 g/mol. The van der Waals surface area contributed by atoms with Crippen LogP contribution in [-0.2, 0) is 19.3 Å². The van der Waals surface area contributed by atoms with Gasteiger partial charge in [-0.05, 0) is 89.6 Å². The van der Waals surface area contributed by atoms with Crippen molar-refractivity contribution in [3.05, 3.63) is 119 Å². The van der Waals surface area contributed by atoms with Crippen molar-refractivity contribution in [1.29, 1.82) is 10.8 Å². The SMILES string of the molecule is CC(C)c1ccccc1NC(=N)Nc1cccc2c1CCC2.CCc1ccccc1NC(=N)Nc1ccccc1C(C)C. The highest BCUT2D eigenvalue weighted by Crippen LogP contribution is 2.29. The van der Waals surface area contributed by atoms with Crippen LogP contribution in [0.4, 0.5) is 22.7 Å². The smallest absolute Gasteiger partial charge is 0.197 e. The molecule has 0 bridgehead atoms. The van der Waals surface area contributed by atoms with Crippen LogP contribution in [-0.4, -0.2) is 11.9 Å². The van der Waals surface area contributed by atoms with Crippen molar-refractivity contribution in [3.63, 3.8) is 0 Å². The highest BCUT2D eigenvalue weighted by molar-refractivity contribution is 6.03. The molecule has 6 nitrogen and oxygen atoms in total. The van der Waals surface area contributed by atoms with E-state index in [0.717, 1.165) is 42.0 Å². The zero-order chi connectivity index (χ0) is 30.8. The van der Waals surface area contributed by atoms with Gasteiger partial charge in [-0.1, -0.05) is 101 Å². The van der Waals surface area contributed by atoms with Gasteiger partial charge in [-0.15, -0.1) is 0 Å². The second-order valence-electron chi connectivity index (χ2n) is 11.5. The fourth-order valence-electron chi connectivity index (χ4n) is 5.52. The average Bonchev–Trinajstić information content (AvgIpc) is 3.48. The molecule has 0 atom stereocenters. The second-order valence-corrected chi connectivity index (χ2v) is 11.5. The Hall–Kier alpha value is -4.58. The molecule has 1 aliphatic rings. The van der Waals surface area contributed by atoms with Crippen LogP contribution in [0.2, 0.25) is 0 Å². The van der Waals surface area contributed by atoms with Crippen LogP contribution in [0, 0.1) is 10.8 Å². The lowest BCUT2D eigenvalue weighted by molar-refractivity contribution is 0.869. The third-order valence-corrected chi connectivity index (χ3v) is 7.75. The van der Waals surface area contributed by atoms with E-state index in [4.69, 9.17) is 10.8 Å². The summed E-state index contributed by atoms with van der Waals surface area (Å²) in [5.41, 5.74) is 10.5. The summed E-state index contributed by atoms with van der Waals surface area (Å²) in [6, 6.07) is 30.7. The van der Waals surface area contributed by atoms with Crippen molar-refractivity contribution >= 4 is 34.7 Å². The standard InChI is InChI=1S/C19H23N3.C18H23N3/c1-13(2)15-9-3-4-11-17(15)21-19(20)22-18-12-6-8-14-7-5-10-16(14)18;1-4-14-9-5-7-11-16(14)20-18(19)21-17-12-8-6-10-15(17)13(2)3/h3-4,6,8-9,11-13H,5,7,10H2,1-2H3,(H3,20,21,22);5-13H,4H2,1-3H3,(H3,19,20,21). The minimum absolute atomic E-state index is 0.295. The number of rotatable bonds is 7. The van der Waals surface area contributed by atoms with Crippen LogP contribution in [0.5, 0.6) is 0 Å². The zero-order valence-electron chi connectivity index (χ0n) is 26.1. The van der Waals surface area contributed by atoms with Crippen LogP contribution in [0.25, 0.3) is 0 Å². The molecule has 0 spiro atoms. The van der Waals surface area contributed by atoms with Crippen molar-refractivity contribution in [3.8, 4) is 0 Å². The van der Waals surface area contributed by atoms with Crippen molar-refractivity contribution in [1.82, 2.24) is 0 Å². The lowest BCUT2D eigenvalue weighted by Gasteiger charge is -2.17. The van der Waals surface area contributed by atoms with E-state index in [2.05, 4.69) is 92.3 Å². The quantitative estimate of drug-likeness (QED) is 0.0978. The number of hydrogen-bond donors (Lipinski definition) is 6. The summed E-state index contributed by atoms with van der Waals surface area (Å²) in [4.78, 5) is 0. The Labute approximate surface area is 257 Å². The first-order chi connectivity index (χ1) is 20.8. The van der Waals surface area contributed by atoms with E-state index in [1.54, 1.807) is 0 Å². The first-order valence-electron chi connectivity index (χ1n) is 15.4. The number of para-hydroxylation sites is 3. The van der Waals surface area contributed by atoms with Crippen molar-refractivity contribution in [2.75, 3.05) is 21.3 Å². The Bertz CT molecular complexity index is 1540. The molecule has 0 aromatic heterocycles. The molecule has 43 heavy (non-hydrogen) atoms. The van der Waals surface area contributed by atoms with Gasteiger partial charge in [0.15, 0.2) is 11.9 Å². The van der Waals surface area contributed by atoms with E-state index in [1.165, 1.54) is 34.2 Å². The van der Waals surface area contributed by atoms with E-state index in [9.17, 15) is 0 Å². The summed E-state index contributed by atoms with van der Waals surface area (Å²) in [6.45, 7) is 10.8. The Kier molecular flexibility index (Phi) is 11.0. The highest BCUT2D eigenvalue weighted by Gasteiger charge is 2.15. The molecule has 6 heteroatoms. The summed E-state index contributed by atoms with van der Waals surface area (Å²) in [5.74, 6) is 1.47. The summed E-state index contributed by atoms with van der Waals surface area (Å²) in [5, 5.41) is 29.1. The van der Waals surface area contributed by atoms with Gasteiger partial charge in [-0.3, -0.25) is 10.8 Å². The highest BCUT2D eigenvalue weighted by atomic mass is 15.1. The molecular formula is C37H46N6. The van der Waals surface area contributed by atoms with Gasteiger partial charge in [0.2, 0.25) is 0 Å². The van der Waals surface area contributed by atoms with Crippen LogP contribution in [0.1, 0.15) is 80.7 Å². The molecule has 224 valence electrons. The Morgan fingerprint density at radius 3 is 1.60 bits per heavy atom. The first-order valence-corrected chi connectivity index (χ1v) is 15.4. The molecule has 4 aromatic carbocycles. The topological polar surface area (TPSA) is 95.8 Å². The van der Waals surface area contributed by atoms with Crippen molar-refractivity contribution in [2.45, 2.75) is 72.1 Å². The number of aryl methyl sites for hydroxylation is 2. The number of anilines is 4. The third kappa shape index (κ3) is 8.48. The van der Waals surface area contributed by atoms with E-state index >= 15 is 0 Å². The molecule has 0 unspecified atom stereocenters. The minimum Gasteiger partial charge on any atom is -0.326 e. The molecule has 4 aromatic rings. The van der Waals surface area contributed by atoms with Gasteiger partial charge in [-0.25, -0.2) is 0 Å². The summed E-state index contributed by atoms with van der Waals surface area (Å²) in [6.07, 6.45) is 4.42. The molecule has 0 fully saturated rings. The van der Waals surface area contributed by atoms with Gasteiger partial charge in [0, 0.05) is 22.7 Å². The second kappa shape index (κ2) is 15.1. The van der Waals surface area contributed by atoms with E-state index in [1.807, 2.05) is 54.6 Å². The Morgan fingerprint density at radius 2 is 1.05 bits per heavy atom. The molecule has 0 aliphatic heterocycles. The number of benzene rings is 4. The lowest BCUT2D eigenvalue weighted by Crippen LogP contribution is -2.22. The fraction of sp³-hybridized carbons (Fsp3) is 0.297. The number of hydrogen-bond acceptors (Lipinski definition) is 2. The summed E-state index contributed by atoms with van der Waals surface area (Å²) >= 11 is 0. The summed E-state index contributed by atoms with van der Waals surface area (Å²) < 4.78 is 0. The van der Waals surface area contributed by atoms with Crippen molar-refractivity contribution < 1.29 is 0 Å². The van der Waals surface area contributed by atoms with Gasteiger partial charge >= 0.3 is 0 Å². The molecule has 0 radical (unpaired) electrons. The predicted octanol–water partition coefficient (Wildman–Crippen LogP) is 9.59. The van der Waals surface area contributed by atoms with E-state index in [-0.39, 0.29) is 0 Å². The maximum Gasteiger partial charge on any atom is 0.197 e. The normalized spacial score (nSPS) is 11.8. The molecule has 0 saturated heterocycles. The summed E-state index contributed by atoms with van der Waals surface area (Å²) in [7, 11) is 0. The van der Waals surface area contributed by atoms with Gasteiger partial charge < -0.3 is 21.3 Å². The molecule has 0 amide bonds. The molecule has 5 rings (SSSR count). The molecule has 0 heterocycles. The van der Waals surface area contributed by atoms with Crippen molar-refractivity contribution in [2.24, 2.45) is 0 Å². The van der Waals surface area contributed by atoms with Gasteiger partial charge in [-0.2, -0.15) is 0 Å². The molecule has 0 saturated carbocycles. The molecule has 6 N–H and O–H groups in total. The van der Waals surface area contributed by atoms with Crippen LogP contribution < -0.4 is 21.3 Å². The van der Waals surface area contributed by atoms with Crippen LogP contribution in [0.3, 0.4) is 0 Å². The maximum atomic E-state index is 8.24. The van der Waals surface area contributed by atoms with Gasteiger partial charge in [0.05, 0.1) is 0 Å². The van der Waals surface area contributed by atoms with Gasteiger partial charge in [0.25, 0.3) is 0 Å². The maximum absolute atomic E-state index is 8.24. The Morgan fingerprint density at radius 1 is 0.581 bits per heavy atom. The molecular weight excluding hydrogens is 528 g/mol. The number of nitrogens with one attached hydrogen (secondary N) is 6. The Balaban J connectivity index is 0.000000197. The zero-order valence-corrected chi connectivity index (χ0v) is 26.1. The number of fused-ring (bicyclic) bond motifs is 1. The predicted molar refractivity (Wildman–Crippen MR) is 185 cm³/mol. The third-order valence-electron chi connectivity index (χ3n) is 7.75.